The fraction of sp³-hybridized carbons (Fsp3) is 0.0476. The van der Waals surface area contributed by atoms with Crippen molar-refractivity contribution in [1.82, 2.24) is 9.97 Å². The lowest BCUT2D eigenvalue weighted by Crippen LogP contribution is -2.10. The Morgan fingerprint density at radius 2 is 1.50 bits per heavy atom. The van der Waals surface area contributed by atoms with Crippen LogP contribution in [0.3, 0.4) is 0 Å². The topological polar surface area (TPSA) is 45.8 Å². The van der Waals surface area contributed by atoms with E-state index < -0.39 is 0 Å². The molecule has 0 aliphatic carbocycles. The summed E-state index contributed by atoms with van der Waals surface area (Å²) in [5.74, 6) is 0.597. The van der Waals surface area contributed by atoms with Gasteiger partial charge in [-0.25, -0.2) is 4.98 Å². The van der Waals surface area contributed by atoms with Crippen molar-refractivity contribution >= 4 is 10.9 Å². The van der Waals surface area contributed by atoms with Crippen molar-refractivity contribution in [2.45, 2.75) is 6.92 Å². The van der Waals surface area contributed by atoms with E-state index in [0.29, 0.717) is 11.2 Å². The molecule has 3 heteroatoms. The summed E-state index contributed by atoms with van der Waals surface area (Å²) < 4.78 is 0. The molecule has 0 saturated carbocycles. The maximum atomic E-state index is 12.4. The second-order valence-electron chi connectivity index (χ2n) is 5.83. The van der Waals surface area contributed by atoms with Crippen molar-refractivity contribution in [1.29, 1.82) is 0 Å². The lowest BCUT2D eigenvalue weighted by atomic mass is 10.0. The molecule has 0 aliphatic heterocycles. The fourth-order valence-electron chi connectivity index (χ4n) is 2.92. The van der Waals surface area contributed by atoms with Crippen molar-refractivity contribution < 1.29 is 0 Å². The number of aromatic amines is 1. The van der Waals surface area contributed by atoms with Gasteiger partial charge in [-0.2, -0.15) is 0 Å². The van der Waals surface area contributed by atoms with Crippen LogP contribution in [0.2, 0.25) is 0 Å². The minimum Gasteiger partial charge on any atom is -0.306 e. The number of aryl methyl sites for hydroxylation is 1. The Kier molecular flexibility index (Phi) is 3.47. The molecular formula is C21H16N2O. The van der Waals surface area contributed by atoms with Crippen LogP contribution in [0.1, 0.15) is 5.56 Å². The number of hydrogen-bond acceptors (Lipinski definition) is 2. The lowest BCUT2D eigenvalue weighted by molar-refractivity contribution is 1.17. The van der Waals surface area contributed by atoms with Crippen molar-refractivity contribution in [3.8, 4) is 22.5 Å². The van der Waals surface area contributed by atoms with E-state index in [1.165, 1.54) is 0 Å². The third-order valence-corrected chi connectivity index (χ3v) is 4.18. The summed E-state index contributed by atoms with van der Waals surface area (Å²) in [7, 11) is 0. The number of fused-ring (bicyclic) bond motifs is 1. The molecule has 0 saturated heterocycles. The van der Waals surface area contributed by atoms with Crippen molar-refractivity contribution in [3.05, 3.63) is 88.7 Å². The molecule has 24 heavy (non-hydrogen) atoms. The lowest BCUT2D eigenvalue weighted by Gasteiger charge is -2.07. The summed E-state index contributed by atoms with van der Waals surface area (Å²) in [4.78, 5) is 20.0. The van der Waals surface area contributed by atoms with E-state index in [1.807, 2.05) is 49.4 Å². The van der Waals surface area contributed by atoms with Crippen LogP contribution in [-0.4, -0.2) is 9.97 Å². The maximum absolute atomic E-state index is 12.4. The van der Waals surface area contributed by atoms with E-state index in [2.05, 4.69) is 34.2 Å². The van der Waals surface area contributed by atoms with Gasteiger partial charge in [0, 0.05) is 5.56 Å². The van der Waals surface area contributed by atoms with Crippen LogP contribution in [-0.2, 0) is 0 Å². The minimum absolute atomic E-state index is 0.108. The fourth-order valence-corrected chi connectivity index (χ4v) is 2.92. The molecule has 1 aromatic heterocycles. The average molecular weight is 312 g/mol. The first-order valence-corrected chi connectivity index (χ1v) is 7.88. The molecule has 1 N–H and O–H groups in total. The van der Waals surface area contributed by atoms with Gasteiger partial charge < -0.3 is 4.98 Å². The first-order valence-electron chi connectivity index (χ1n) is 7.88. The third-order valence-electron chi connectivity index (χ3n) is 4.18. The average Bonchev–Trinajstić information content (AvgIpc) is 2.63. The highest BCUT2D eigenvalue weighted by Gasteiger charge is 2.08. The molecule has 3 nitrogen and oxygen atoms in total. The molecule has 0 spiro atoms. The van der Waals surface area contributed by atoms with Gasteiger partial charge in [-0.05, 0) is 35.7 Å². The van der Waals surface area contributed by atoms with Gasteiger partial charge in [0.15, 0.2) is 0 Å². The Morgan fingerprint density at radius 1 is 0.792 bits per heavy atom. The number of nitrogens with one attached hydrogen (secondary N) is 1. The van der Waals surface area contributed by atoms with E-state index in [-0.39, 0.29) is 5.56 Å². The molecule has 0 aliphatic rings. The Bertz CT molecular complexity index is 1080. The normalized spacial score (nSPS) is 10.9. The van der Waals surface area contributed by atoms with E-state index in [1.54, 1.807) is 6.07 Å². The van der Waals surface area contributed by atoms with E-state index in [4.69, 9.17) is 0 Å². The summed E-state index contributed by atoms with van der Waals surface area (Å²) in [6.45, 7) is 1.97. The van der Waals surface area contributed by atoms with Gasteiger partial charge >= 0.3 is 0 Å². The van der Waals surface area contributed by atoms with Crippen LogP contribution in [0.4, 0.5) is 0 Å². The Morgan fingerprint density at radius 3 is 2.33 bits per heavy atom. The summed E-state index contributed by atoms with van der Waals surface area (Å²) in [5, 5.41) is 0.623. The minimum atomic E-state index is -0.108. The quantitative estimate of drug-likeness (QED) is 0.589. The van der Waals surface area contributed by atoms with Gasteiger partial charge in [-0.3, -0.25) is 4.79 Å². The second kappa shape index (κ2) is 5.78. The van der Waals surface area contributed by atoms with E-state index >= 15 is 0 Å². The second-order valence-corrected chi connectivity index (χ2v) is 5.83. The predicted octanol–water partition coefficient (Wildman–Crippen LogP) is 4.57. The van der Waals surface area contributed by atoms with Gasteiger partial charge in [0.25, 0.3) is 5.56 Å². The smallest absolute Gasteiger partial charge is 0.259 e. The van der Waals surface area contributed by atoms with Gasteiger partial charge in [0.2, 0.25) is 0 Å². The Labute approximate surface area is 139 Å². The molecule has 4 aromatic rings. The van der Waals surface area contributed by atoms with Crippen molar-refractivity contribution in [2.75, 3.05) is 0 Å². The number of para-hydroxylation sites is 1. The van der Waals surface area contributed by atoms with Crippen LogP contribution in [0.5, 0.6) is 0 Å². The van der Waals surface area contributed by atoms with E-state index in [9.17, 15) is 4.79 Å². The first-order chi connectivity index (χ1) is 11.7. The van der Waals surface area contributed by atoms with Crippen molar-refractivity contribution in [2.24, 2.45) is 0 Å². The maximum Gasteiger partial charge on any atom is 0.259 e. The van der Waals surface area contributed by atoms with Crippen LogP contribution < -0.4 is 5.56 Å². The number of aromatic nitrogens is 2. The zero-order chi connectivity index (χ0) is 16.5. The first kappa shape index (κ1) is 14.4. The van der Waals surface area contributed by atoms with Crippen LogP contribution >= 0.6 is 0 Å². The van der Waals surface area contributed by atoms with Gasteiger partial charge in [0.1, 0.15) is 5.82 Å². The standard InChI is InChI=1S/C21H16N2O/c1-14-7-5-12-18-19(14)22-20(23-21(18)24)17-11-6-10-16(13-17)15-8-3-2-4-9-15/h2-13H,1H3,(H,22,23,24). The zero-order valence-electron chi connectivity index (χ0n) is 13.3. The number of benzene rings is 3. The van der Waals surface area contributed by atoms with E-state index in [0.717, 1.165) is 27.8 Å². The highest BCUT2D eigenvalue weighted by molar-refractivity contribution is 5.82. The number of rotatable bonds is 2. The van der Waals surface area contributed by atoms with Crippen molar-refractivity contribution in [3.63, 3.8) is 0 Å². The molecule has 0 radical (unpaired) electrons. The highest BCUT2D eigenvalue weighted by Crippen LogP contribution is 2.25. The molecule has 4 rings (SSSR count). The predicted molar refractivity (Wildman–Crippen MR) is 98.0 cm³/mol. The summed E-state index contributed by atoms with van der Waals surface area (Å²) in [6, 6.07) is 23.9. The summed E-state index contributed by atoms with van der Waals surface area (Å²) in [6.07, 6.45) is 0. The van der Waals surface area contributed by atoms with Crippen LogP contribution in [0.25, 0.3) is 33.4 Å². The molecule has 0 unspecified atom stereocenters. The van der Waals surface area contributed by atoms with Gasteiger partial charge in [0.05, 0.1) is 10.9 Å². The molecule has 0 atom stereocenters. The monoisotopic (exact) mass is 312 g/mol. The summed E-state index contributed by atoms with van der Waals surface area (Å²) >= 11 is 0. The number of hydrogen-bond donors (Lipinski definition) is 1. The highest BCUT2D eigenvalue weighted by atomic mass is 16.1. The molecule has 1 heterocycles. The number of H-pyrrole nitrogens is 1. The third kappa shape index (κ3) is 2.50. The Hall–Kier alpha value is -3.20. The molecule has 3 aromatic carbocycles. The SMILES string of the molecule is Cc1cccc2c(=O)[nH]c(-c3cccc(-c4ccccc4)c3)nc12. The van der Waals surface area contributed by atoms with Gasteiger partial charge in [-0.15, -0.1) is 0 Å². The number of nitrogens with zero attached hydrogens (tertiary/aromatic N) is 1. The zero-order valence-corrected chi connectivity index (χ0v) is 13.3. The van der Waals surface area contributed by atoms with Gasteiger partial charge in [-0.1, -0.05) is 60.7 Å². The Balaban J connectivity index is 1.89. The van der Waals surface area contributed by atoms with Crippen LogP contribution in [0.15, 0.2) is 77.6 Å². The largest absolute Gasteiger partial charge is 0.306 e. The summed E-state index contributed by atoms with van der Waals surface area (Å²) in [5.41, 5.74) is 4.78. The van der Waals surface area contributed by atoms with Crippen LogP contribution in [0, 0.1) is 6.92 Å². The molecule has 0 bridgehead atoms. The molecule has 0 amide bonds. The molecular weight excluding hydrogens is 296 g/mol. The molecule has 116 valence electrons. The molecule has 0 fully saturated rings.